The molecule has 0 atom stereocenters. The molecule has 0 aliphatic carbocycles. The molecule has 0 fully saturated rings. The summed E-state index contributed by atoms with van der Waals surface area (Å²) in [5.74, 6) is 1.65. The van der Waals surface area contributed by atoms with E-state index in [4.69, 9.17) is 9.72 Å². The van der Waals surface area contributed by atoms with Crippen LogP contribution in [0, 0.1) is 0 Å². The Bertz CT molecular complexity index is 888. The van der Waals surface area contributed by atoms with Gasteiger partial charge in [-0.1, -0.05) is 51.1 Å². The van der Waals surface area contributed by atoms with E-state index in [9.17, 15) is 0 Å². The van der Waals surface area contributed by atoms with Crippen LogP contribution in [0.3, 0.4) is 0 Å². The monoisotopic (exact) mass is 334 g/mol. The minimum absolute atomic E-state index is 0.0717. The maximum Gasteiger partial charge on any atom is 0.159 e. The smallest absolute Gasteiger partial charge is 0.159 e. The van der Waals surface area contributed by atoms with Crippen LogP contribution in [0.15, 0.2) is 48.7 Å². The fourth-order valence-electron chi connectivity index (χ4n) is 3.00. The molecule has 0 aliphatic heterocycles. The van der Waals surface area contributed by atoms with E-state index >= 15 is 0 Å². The number of ether oxygens (including phenoxy) is 1. The first-order valence-electron chi connectivity index (χ1n) is 8.70. The Labute approximate surface area is 150 Å². The summed E-state index contributed by atoms with van der Waals surface area (Å²) in [4.78, 5) is 9.41. The Morgan fingerprint density at radius 1 is 0.840 bits per heavy atom. The van der Waals surface area contributed by atoms with Gasteiger partial charge >= 0.3 is 0 Å². The highest BCUT2D eigenvalue weighted by atomic mass is 16.5. The lowest BCUT2D eigenvalue weighted by molar-refractivity contribution is 0.128. The highest BCUT2D eigenvalue weighted by Crippen LogP contribution is 2.38. The van der Waals surface area contributed by atoms with Crippen LogP contribution >= 0.6 is 0 Å². The number of fused-ring (bicyclic) bond motifs is 1. The number of hydrogen-bond acceptors (Lipinski definition) is 3. The lowest BCUT2D eigenvalue weighted by Crippen LogP contribution is -2.25. The predicted octanol–water partition coefficient (Wildman–Crippen LogP) is 5.77. The van der Waals surface area contributed by atoms with Crippen LogP contribution in [0.5, 0.6) is 5.75 Å². The molecule has 0 N–H and O–H groups in total. The Kier molecular flexibility index (Phi) is 4.28. The first-order valence-corrected chi connectivity index (χ1v) is 8.70. The number of nitrogens with zero attached hydrogens (tertiary/aromatic N) is 2. The van der Waals surface area contributed by atoms with E-state index in [1.165, 1.54) is 0 Å². The Balaban J connectivity index is 2.20. The molecule has 3 aromatic rings. The third-order valence-electron chi connectivity index (χ3n) is 3.92. The van der Waals surface area contributed by atoms with Crippen LogP contribution in [0.4, 0.5) is 0 Å². The SMILES string of the molecule is CC(C)(C)Oc1ccc2nc(-c3ccccc3)ncc2c1C(C)(C)C. The van der Waals surface area contributed by atoms with Crippen molar-refractivity contribution in [2.75, 3.05) is 0 Å². The molecule has 1 heterocycles. The van der Waals surface area contributed by atoms with Gasteiger partial charge in [0.05, 0.1) is 5.52 Å². The lowest BCUT2D eigenvalue weighted by Gasteiger charge is -2.29. The zero-order valence-electron chi connectivity index (χ0n) is 15.9. The zero-order chi connectivity index (χ0) is 18.2. The van der Waals surface area contributed by atoms with E-state index in [2.05, 4.69) is 46.5 Å². The number of benzene rings is 2. The molecule has 3 heteroatoms. The van der Waals surface area contributed by atoms with Gasteiger partial charge in [-0.15, -0.1) is 0 Å². The van der Waals surface area contributed by atoms with Crippen LogP contribution in [0.25, 0.3) is 22.3 Å². The van der Waals surface area contributed by atoms with Crippen LogP contribution in [0.2, 0.25) is 0 Å². The fourth-order valence-corrected chi connectivity index (χ4v) is 3.00. The molecule has 0 saturated carbocycles. The molecular formula is C22H26N2O. The first-order chi connectivity index (χ1) is 11.6. The van der Waals surface area contributed by atoms with E-state index in [-0.39, 0.29) is 11.0 Å². The third kappa shape index (κ3) is 3.81. The zero-order valence-corrected chi connectivity index (χ0v) is 15.9. The van der Waals surface area contributed by atoms with Crippen LogP contribution < -0.4 is 4.74 Å². The Morgan fingerprint density at radius 3 is 2.12 bits per heavy atom. The molecule has 0 spiro atoms. The topological polar surface area (TPSA) is 35.0 Å². The largest absolute Gasteiger partial charge is 0.488 e. The fraction of sp³-hybridized carbons (Fsp3) is 0.364. The Hall–Kier alpha value is -2.42. The van der Waals surface area contributed by atoms with Crippen molar-refractivity contribution in [2.24, 2.45) is 0 Å². The second-order valence-corrected chi connectivity index (χ2v) is 8.40. The molecule has 0 radical (unpaired) electrons. The molecule has 2 aromatic carbocycles. The van der Waals surface area contributed by atoms with Crippen molar-refractivity contribution in [3.63, 3.8) is 0 Å². The van der Waals surface area contributed by atoms with E-state index < -0.39 is 0 Å². The van der Waals surface area contributed by atoms with E-state index in [1.54, 1.807) is 0 Å². The maximum atomic E-state index is 6.23. The molecule has 0 saturated heterocycles. The minimum atomic E-state index is -0.251. The molecule has 3 rings (SSSR count). The molecule has 0 bridgehead atoms. The maximum absolute atomic E-state index is 6.23. The summed E-state index contributed by atoms with van der Waals surface area (Å²) in [6, 6.07) is 14.1. The molecule has 3 nitrogen and oxygen atoms in total. The summed E-state index contributed by atoms with van der Waals surface area (Å²) in [5, 5.41) is 1.05. The standard InChI is InChI=1S/C22H26N2O/c1-21(2,3)19-16-14-23-20(15-10-8-7-9-11-15)24-17(16)12-13-18(19)25-22(4,5)6/h7-14H,1-6H3. The minimum Gasteiger partial charge on any atom is -0.488 e. The molecule has 25 heavy (non-hydrogen) atoms. The van der Waals surface area contributed by atoms with Gasteiger partial charge in [-0.2, -0.15) is 0 Å². The van der Waals surface area contributed by atoms with Crippen molar-refractivity contribution in [3.05, 3.63) is 54.2 Å². The number of rotatable bonds is 2. The molecule has 0 aliphatic rings. The van der Waals surface area contributed by atoms with Crippen molar-refractivity contribution in [1.82, 2.24) is 9.97 Å². The van der Waals surface area contributed by atoms with Crippen molar-refractivity contribution >= 4 is 10.9 Å². The van der Waals surface area contributed by atoms with Gasteiger partial charge < -0.3 is 4.74 Å². The van der Waals surface area contributed by atoms with Crippen LogP contribution in [-0.4, -0.2) is 15.6 Å². The molecule has 0 unspecified atom stereocenters. The van der Waals surface area contributed by atoms with Gasteiger partial charge in [0.25, 0.3) is 0 Å². The second kappa shape index (κ2) is 6.14. The molecule has 130 valence electrons. The lowest BCUT2D eigenvalue weighted by atomic mass is 9.84. The van der Waals surface area contributed by atoms with E-state index in [1.807, 2.05) is 48.7 Å². The summed E-state index contributed by atoms with van der Waals surface area (Å²) in [6.07, 6.45) is 1.93. The van der Waals surface area contributed by atoms with E-state index in [0.29, 0.717) is 0 Å². The quantitative estimate of drug-likeness (QED) is 0.596. The highest BCUT2D eigenvalue weighted by Gasteiger charge is 2.25. The Morgan fingerprint density at radius 2 is 1.52 bits per heavy atom. The highest BCUT2D eigenvalue weighted by molar-refractivity contribution is 5.86. The average Bonchev–Trinajstić information content (AvgIpc) is 2.52. The van der Waals surface area contributed by atoms with Crippen molar-refractivity contribution in [1.29, 1.82) is 0 Å². The number of aromatic nitrogens is 2. The predicted molar refractivity (Wildman–Crippen MR) is 104 cm³/mol. The summed E-state index contributed by atoms with van der Waals surface area (Å²) in [5.41, 5.74) is 2.80. The second-order valence-electron chi connectivity index (χ2n) is 8.40. The van der Waals surface area contributed by atoms with Crippen LogP contribution in [0.1, 0.15) is 47.1 Å². The van der Waals surface area contributed by atoms with Gasteiger partial charge in [0.2, 0.25) is 0 Å². The summed E-state index contributed by atoms with van der Waals surface area (Å²) in [7, 11) is 0. The van der Waals surface area contributed by atoms with Gasteiger partial charge in [0, 0.05) is 22.7 Å². The molecule has 0 amide bonds. The molecular weight excluding hydrogens is 308 g/mol. The third-order valence-corrected chi connectivity index (χ3v) is 3.92. The first kappa shape index (κ1) is 17.4. The van der Waals surface area contributed by atoms with E-state index in [0.717, 1.165) is 33.6 Å². The summed E-state index contributed by atoms with van der Waals surface area (Å²) < 4.78 is 6.23. The summed E-state index contributed by atoms with van der Waals surface area (Å²) >= 11 is 0. The van der Waals surface area contributed by atoms with Gasteiger partial charge in [-0.25, -0.2) is 9.97 Å². The van der Waals surface area contributed by atoms with Crippen LogP contribution in [-0.2, 0) is 5.41 Å². The molecule has 1 aromatic heterocycles. The average molecular weight is 334 g/mol. The van der Waals surface area contributed by atoms with Gasteiger partial charge in [0.15, 0.2) is 5.82 Å². The van der Waals surface area contributed by atoms with Gasteiger partial charge in [0.1, 0.15) is 11.4 Å². The number of hydrogen-bond donors (Lipinski definition) is 0. The normalized spacial score (nSPS) is 12.4. The van der Waals surface area contributed by atoms with Crippen molar-refractivity contribution < 1.29 is 4.74 Å². The van der Waals surface area contributed by atoms with Gasteiger partial charge in [-0.3, -0.25) is 0 Å². The summed E-state index contributed by atoms with van der Waals surface area (Å²) in [6.45, 7) is 12.8. The van der Waals surface area contributed by atoms with Crippen molar-refractivity contribution in [2.45, 2.75) is 52.6 Å². The van der Waals surface area contributed by atoms with Crippen molar-refractivity contribution in [3.8, 4) is 17.1 Å². The van der Waals surface area contributed by atoms with Gasteiger partial charge in [-0.05, 0) is 38.3 Å².